The largest absolute Gasteiger partial charge is 0.384 e. The number of hydrogen-bond donors (Lipinski definition) is 1. The first-order chi connectivity index (χ1) is 7.81. The van der Waals surface area contributed by atoms with E-state index in [0.29, 0.717) is 0 Å². The molecule has 2 aromatic rings. The summed E-state index contributed by atoms with van der Waals surface area (Å²) in [6, 6.07) is 9.74. The molecule has 0 bridgehead atoms. The van der Waals surface area contributed by atoms with Gasteiger partial charge in [-0.3, -0.25) is 0 Å². The van der Waals surface area contributed by atoms with Gasteiger partial charge in [-0.1, -0.05) is 31.2 Å². The molecule has 0 radical (unpaired) electrons. The van der Waals surface area contributed by atoms with Crippen LogP contribution in [0.1, 0.15) is 29.7 Å². The van der Waals surface area contributed by atoms with Crippen LogP contribution in [0, 0.1) is 0 Å². The van der Waals surface area contributed by atoms with Crippen LogP contribution >= 0.6 is 0 Å². The minimum absolute atomic E-state index is 0.624. The van der Waals surface area contributed by atoms with Crippen LogP contribution in [0.3, 0.4) is 0 Å². The first-order valence-corrected chi connectivity index (χ1v) is 5.34. The van der Waals surface area contributed by atoms with Crippen LogP contribution < -0.4 is 0 Å². The van der Waals surface area contributed by atoms with Crippen molar-refractivity contribution in [3.63, 3.8) is 0 Å². The molecule has 0 spiro atoms. The van der Waals surface area contributed by atoms with E-state index in [1.54, 1.807) is 18.5 Å². The van der Waals surface area contributed by atoms with Gasteiger partial charge in [0.1, 0.15) is 6.10 Å². The molecule has 0 saturated heterocycles. The van der Waals surface area contributed by atoms with Gasteiger partial charge in [-0.05, 0) is 23.6 Å². The summed E-state index contributed by atoms with van der Waals surface area (Å²) < 4.78 is 0. The number of nitrogens with zero attached hydrogens (tertiary/aromatic N) is 2. The molecule has 1 unspecified atom stereocenters. The van der Waals surface area contributed by atoms with Gasteiger partial charge >= 0.3 is 0 Å². The number of rotatable bonds is 3. The fraction of sp³-hybridized carbons (Fsp3) is 0.231. The van der Waals surface area contributed by atoms with Crippen LogP contribution in [0.15, 0.2) is 42.7 Å². The third-order valence-corrected chi connectivity index (χ3v) is 2.63. The Bertz CT molecular complexity index is 439. The Balaban J connectivity index is 2.24. The maximum Gasteiger partial charge on any atom is 0.106 e. The highest BCUT2D eigenvalue weighted by atomic mass is 16.3. The molecular weight excluding hydrogens is 200 g/mol. The topological polar surface area (TPSA) is 46.0 Å². The zero-order valence-electron chi connectivity index (χ0n) is 9.17. The summed E-state index contributed by atoms with van der Waals surface area (Å²) in [5, 5.41) is 17.5. The maximum absolute atomic E-state index is 10.1. The summed E-state index contributed by atoms with van der Waals surface area (Å²) in [6.07, 6.45) is 3.55. The summed E-state index contributed by atoms with van der Waals surface area (Å²) >= 11 is 0. The highest BCUT2D eigenvalue weighted by molar-refractivity contribution is 5.30. The second-order valence-electron chi connectivity index (χ2n) is 3.67. The molecule has 1 aromatic carbocycles. The Morgan fingerprint density at radius 2 is 1.81 bits per heavy atom. The Hall–Kier alpha value is -1.74. The van der Waals surface area contributed by atoms with Crippen molar-refractivity contribution < 1.29 is 5.11 Å². The van der Waals surface area contributed by atoms with Crippen LogP contribution in [0.4, 0.5) is 0 Å². The molecule has 0 fully saturated rings. The van der Waals surface area contributed by atoms with Crippen molar-refractivity contribution in [2.45, 2.75) is 19.4 Å². The summed E-state index contributed by atoms with van der Waals surface area (Å²) in [7, 11) is 0. The Morgan fingerprint density at radius 1 is 1.06 bits per heavy atom. The number of aliphatic hydroxyl groups is 1. The molecule has 1 atom stereocenters. The maximum atomic E-state index is 10.1. The highest BCUT2D eigenvalue weighted by Crippen LogP contribution is 2.20. The van der Waals surface area contributed by atoms with Crippen molar-refractivity contribution >= 4 is 0 Å². The Labute approximate surface area is 94.8 Å². The van der Waals surface area contributed by atoms with Crippen molar-refractivity contribution in [3.8, 4) is 0 Å². The van der Waals surface area contributed by atoms with Gasteiger partial charge in [-0.25, -0.2) is 0 Å². The lowest BCUT2D eigenvalue weighted by Gasteiger charge is -2.10. The normalized spacial score (nSPS) is 12.4. The van der Waals surface area contributed by atoms with Crippen LogP contribution in [-0.2, 0) is 6.42 Å². The van der Waals surface area contributed by atoms with E-state index < -0.39 is 6.10 Å². The molecule has 0 aliphatic rings. The van der Waals surface area contributed by atoms with E-state index in [2.05, 4.69) is 17.1 Å². The van der Waals surface area contributed by atoms with Crippen molar-refractivity contribution in [3.05, 3.63) is 59.4 Å². The van der Waals surface area contributed by atoms with E-state index in [4.69, 9.17) is 0 Å². The fourth-order valence-corrected chi connectivity index (χ4v) is 1.59. The predicted molar refractivity (Wildman–Crippen MR) is 61.9 cm³/mol. The summed E-state index contributed by atoms with van der Waals surface area (Å²) in [5.74, 6) is 0. The first-order valence-electron chi connectivity index (χ1n) is 5.34. The Morgan fingerprint density at radius 3 is 2.38 bits per heavy atom. The van der Waals surface area contributed by atoms with E-state index in [9.17, 15) is 5.11 Å². The number of benzene rings is 1. The van der Waals surface area contributed by atoms with Gasteiger partial charge < -0.3 is 5.11 Å². The number of aryl methyl sites for hydroxylation is 1. The van der Waals surface area contributed by atoms with Gasteiger partial charge in [-0.2, -0.15) is 10.2 Å². The standard InChI is InChI=1S/C13H14N2O/c1-2-10-3-5-11(6-4-10)13(16)12-7-8-14-15-9-12/h3-9,13,16H,2H2,1H3. The lowest BCUT2D eigenvalue weighted by Crippen LogP contribution is -2.00. The lowest BCUT2D eigenvalue weighted by molar-refractivity contribution is 0.219. The van der Waals surface area contributed by atoms with Gasteiger partial charge in [-0.15, -0.1) is 0 Å². The van der Waals surface area contributed by atoms with Crippen LogP contribution in [0.25, 0.3) is 0 Å². The molecule has 0 aliphatic heterocycles. The quantitative estimate of drug-likeness (QED) is 0.851. The zero-order valence-corrected chi connectivity index (χ0v) is 9.17. The third kappa shape index (κ3) is 2.25. The molecule has 0 aliphatic carbocycles. The molecule has 16 heavy (non-hydrogen) atoms. The average molecular weight is 214 g/mol. The van der Waals surface area contributed by atoms with E-state index >= 15 is 0 Å². The van der Waals surface area contributed by atoms with Gasteiger partial charge in [0, 0.05) is 11.8 Å². The molecule has 82 valence electrons. The zero-order chi connectivity index (χ0) is 11.4. The molecule has 0 amide bonds. The van der Waals surface area contributed by atoms with Gasteiger partial charge in [0.2, 0.25) is 0 Å². The molecule has 3 heteroatoms. The van der Waals surface area contributed by atoms with Crippen molar-refractivity contribution in [1.29, 1.82) is 0 Å². The average Bonchev–Trinajstić information content (AvgIpc) is 2.39. The molecule has 1 heterocycles. The minimum atomic E-state index is -0.624. The molecule has 2 rings (SSSR count). The minimum Gasteiger partial charge on any atom is -0.384 e. The summed E-state index contributed by atoms with van der Waals surface area (Å²) in [5.41, 5.74) is 2.91. The van der Waals surface area contributed by atoms with Crippen molar-refractivity contribution in [1.82, 2.24) is 10.2 Å². The first kappa shape index (κ1) is 10.8. The van der Waals surface area contributed by atoms with Crippen molar-refractivity contribution in [2.24, 2.45) is 0 Å². The lowest BCUT2D eigenvalue weighted by atomic mass is 10.0. The SMILES string of the molecule is CCc1ccc(C(O)c2ccnnc2)cc1. The van der Waals surface area contributed by atoms with Gasteiger partial charge in [0.25, 0.3) is 0 Å². The Kier molecular flexibility index (Phi) is 3.27. The molecular formula is C13H14N2O. The van der Waals surface area contributed by atoms with Gasteiger partial charge in [0.15, 0.2) is 0 Å². The number of aliphatic hydroxyl groups excluding tert-OH is 1. The molecule has 0 saturated carbocycles. The van der Waals surface area contributed by atoms with Gasteiger partial charge in [0.05, 0.1) is 6.20 Å². The van der Waals surface area contributed by atoms with E-state index in [1.165, 1.54) is 5.56 Å². The molecule has 1 N–H and O–H groups in total. The van der Waals surface area contributed by atoms with E-state index in [-0.39, 0.29) is 0 Å². The van der Waals surface area contributed by atoms with Crippen molar-refractivity contribution in [2.75, 3.05) is 0 Å². The predicted octanol–water partition coefficient (Wildman–Crippen LogP) is 2.12. The molecule has 3 nitrogen and oxygen atoms in total. The fourth-order valence-electron chi connectivity index (χ4n) is 1.59. The monoisotopic (exact) mass is 214 g/mol. The number of hydrogen-bond acceptors (Lipinski definition) is 3. The second kappa shape index (κ2) is 4.86. The summed E-state index contributed by atoms with van der Waals surface area (Å²) in [6.45, 7) is 2.11. The van der Waals surface area contributed by atoms with Crippen LogP contribution in [0.2, 0.25) is 0 Å². The second-order valence-corrected chi connectivity index (χ2v) is 3.67. The highest BCUT2D eigenvalue weighted by Gasteiger charge is 2.09. The smallest absolute Gasteiger partial charge is 0.106 e. The molecule has 1 aromatic heterocycles. The van der Waals surface area contributed by atoms with E-state index in [1.807, 2.05) is 24.3 Å². The third-order valence-electron chi connectivity index (χ3n) is 2.63. The number of aromatic nitrogens is 2. The summed E-state index contributed by atoms with van der Waals surface area (Å²) in [4.78, 5) is 0. The van der Waals surface area contributed by atoms with Crippen LogP contribution in [-0.4, -0.2) is 15.3 Å². The van der Waals surface area contributed by atoms with E-state index in [0.717, 1.165) is 17.5 Å². The van der Waals surface area contributed by atoms with Crippen LogP contribution in [0.5, 0.6) is 0 Å².